The van der Waals surface area contributed by atoms with Crippen LogP contribution in [0, 0.1) is 12.7 Å². The number of halogens is 1. The highest BCUT2D eigenvalue weighted by molar-refractivity contribution is 5.96. The minimum absolute atomic E-state index is 0.0932. The topological polar surface area (TPSA) is 17.1 Å². The lowest BCUT2D eigenvalue weighted by Crippen LogP contribution is -2.02. The first-order chi connectivity index (χ1) is 6.65. The van der Waals surface area contributed by atoms with E-state index in [0.717, 1.165) is 18.4 Å². The van der Waals surface area contributed by atoms with Gasteiger partial charge in [0, 0.05) is 6.42 Å². The maximum atomic E-state index is 13.3. The molecule has 1 nitrogen and oxygen atoms in total. The molecule has 0 aliphatic heterocycles. The number of hydrogen-bond donors (Lipinski definition) is 0. The van der Waals surface area contributed by atoms with Gasteiger partial charge in [-0.05, 0) is 31.0 Å². The quantitative estimate of drug-likeness (QED) is 0.670. The molecule has 2 heteroatoms. The van der Waals surface area contributed by atoms with Gasteiger partial charge in [-0.15, -0.1) is 0 Å². The number of benzene rings is 1. The summed E-state index contributed by atoms with van der Waals surface area (Å²) >= 11 is 0. The molecular weight excluding hydrogens is 179 g/mol. The smallest absolute Gasteiger partial charge is 0.165 e. The van der Waals surface area contributed by atoms with Gasteiger partial charge in [-0.1, -0.05) is 19.4 Å². The minimum atomic E-state index is -0.397. The van der Waals surface area contributed by atoms with E-state index in [1.807, 2.05) is 13.8 Å². The molecule has 0 saturated carbocycles. The fourth-order valence-electron chi connectivity index (χ4n) is 1.32. The lowest BCUT2D eigenvalue weighted by Gasteiger charge is -2.02. The van der Waals surface area contributed by atoms with Crippen molar-refractivity contribution < 1.29 is 9.18 Å². The Morgan fingerprint density at radius 3 is 2.71 bits per heavy atom. The number of unbranched alkanes of at least 4 members (excludes halogenated alkanes) is 1. The number of Topliss-reactive ketones (excluding diaryl/α,β-unsaturated/α-hetero) is 1. The van der Waals surface area contributed by atoms with Gasteiger partial charge in [0.1, 0.15) is 5.82 Å². The predicted octanol–water partition coefficient (Wildman–Crippen LogP) is 3.51. The van der Waals surface area contributed by atoms with Gasteiger partial charge >= 0.3 is 0 Å². The summed E-state index contributed by atoms with van der Waals surface area (Å²) in [5.41, 5.74) is 1.07. The third kappa shape index (κ3) is 2.66. The second-order valence-corrected chi connectivity index (χ2v) is 3.51. The normalized spacial score (nSPS) is 10.2. The third-order valence-corrected chi connectivity index (χ3v) is 2.18. The molecule has 0 aromatic heterocycles. The van der Waals surface area contributed by atoms with Gasteiger partial charge in [0.2, 0.25) is 0 Å². The number of carbonyl (C=O) groups is 1. The Balaban J connectivity index is 2.80. The van der Waals surface area contributed by atoms with E-state index in [4.69, 9.17) is 0 Å². The summed E-state index contributed by atoms with van der Waals surface area (Å²) in [5.74, 6) is -0.490. The number of aryl methyl sites for hydroxylation is 1. The molecule has 1 aromatic rings. The zero-order chi connectivity index (χ0) is 10.6. The van der Waals surface area contributed by atoms with E-state index in [2.05, 4.69) is 0 Å². The van der Waals surface area contributed by atoms with Crippen LogP contribution in [0.2, 0.25) is 0 Å². The van der Waals surface area contributed by atoms with Crippen LogP contribution < -0.4 is 0 Å². The van der Waals surface area contributed by atoms with E-state index in [1.165, 1.54) is 6.07 Å². The molecule has 1 aromatic carbocycles. The van der Waals surface area contributed by atoms with Gasteiger partial charge in [-0.3, -0.25) is 4.79 Å². The van der Waals surface area contributed by atoms with Gasteiger partial charge in [0.05, 0.1) is 5.56 Å². The number of rotatable bonds is 4. The van der Waals surface area contributed by atoms with Crippen LogP contribution in [0.15, 0.2) is 18.2 Å². The van der Waals surface area contributed by atoms with Crippen LogP contribution >= 0.6 is 0 Å². The van der Waals surface area contributed by atoms with Crippen LogP contribution in [-0.2, 0) is 0 Å². The Morgan fingerprint density at radius 1 is 1.43 bits per heavy atom. The highest BCUT2D eigenvalue weighted by atomic mass is 19.1. The summed E-state index contributed by atoms with van der Waals surface area (Å²) < 4.78 is 13.3. The molecule has 0 aliphatic carbocycles. The van der Waals surface area contributed by atoms with Crippen molar-refractivity contribution in [3.63, 3.8) is 0 Å². The van der Waals surface area contributed by atoms with Crippen molar-refractivity contribution in [1.82, 2.24) is 0 Å². The van der Waals surface area contributed by atoms with Gasteiger partial charge < -0.3 is 0 Å². The molecule has 1 rings (SSSR count). The molecule has 0 bridgehead atoms. The van der Waals surface area contributed by atoms with Crippen molar-refractivity contribution in [2.45, 2.75) is 33.1 Å². The Labute approximate surface area is 83.9 Å². The van der Waals surface area contributed by atoms with Crippen LogP contribution in [0.3, 0.4) is 0 Å². The first kappa shape index (κ1) is 10.9. The van der Waals surface area contributed by atoms with Gasteiger partial charge in [-0.25, -0.2) is 4.39 Å². The number of hydrogen-bond acceptors (Lipinski definition) is 1. The average Bonchev–Trinajstić information content (AvgIpc) is 2.14. The maximum Gasteiger partial charge on any atom is 0.165 e. The average molecular weight is 194 g/mol. The largest absolute Gasteiger partial charge is 0.294 e. The molecule has 76 valence electrons. The molecule has 0 spiro atoms. The lowest BCUT2D eigenvalue weighted by atomic mass is 10.0. The molecule has 0 amide bonds. The summed E-state index contributed by atoms with van der Waals surface area (Å²) in [5, 5.41) is 0. The van der Waals surface area contributed by atoms with Crippen LogP contribution in [0.25, 0.3) is 0 Å². The highest BCUT2D eigenvalue weighted by Gasteiger charge is 2.10. The zero-order valence-corrected chi connectivity index (χ0v) is 8.64. The van der Waals surface area contributed by atoms with E-state index in [0.29, 0.717) is 6.42 Å². The first-order valence-corrected chi connectivity index (χ1v) is 4.94. The van der Waals surface area contributed by atoms with E-state index in [1.54, 1.807) is 12.1 Å². The monoisotopic (exact) mass is 194 g/mol. The summed E-state index contributed by atoms with van der Waals surface area (Å²) in [6.07, 6.45) is 2.22. The molecule has 0 radical (unpaired) electrons. The Morgan fingerprint density at radius 2 is 2.14 bits per heavy atom. The number of carbonyl (C=O) groups excluding carboxylic acids is 1. The van der Waals surface area contributed by atoms with Crippen LogP contribution in [0.4, 0.5) is 4.39 Å². The zero-order valence-electron chi connectivity index (χ0n) is 8.64. The van der Waals surface area contributed by atoms with Crippen LogP contribution in [0.1, 0.15) is 42.1 Å². The van der Waals surface area contributed by atoms with Gasteiger partial charge in [0.25, 0.3) is 0 Å². The van der Waals surface area contributed by atoms with Crippen molar-refractivity contribution in [3.8, 4) is 0 Å². The number of ketones is 1. The predicted molar refractivity (Wildman–Crippen MR) is 55.0 cm³/mol. The molecular formula is C12H15FO. The van der Waals surface area contributed by atoms with E-state index in [9.17, 15) is 9.18 Å². The fraction of sp³-hybridized carbons (Fsp3) is 0.417. The third-order valence-electron chi connectivity index (χ3n) is 2.18. The van der Waals surface area contributed by atoms with E-state index < -0.39 is 5.82 Å². The van der Waals surface area contributed by atoms with Gasteiger partial charge in [-0.2, -0.15) is 0 Å². The standard InChI is InChI=1S/C12H15FO/c1-3-4-5-12(14)10-7-6-9(2)8-11(10)13/h6-8H,3-5H2,1-2H3. The molecule has 0 unspecified atom stereocenters. The van der Waals surface area contributed by atoms with Crippen molar-refractivity contribution in [2.24, 2.45) is 0 Å². The van der Waals surface area contributed by atoms with Crippen LogP contribution in [-0.4, -0.2) is 5.78 Å². The van der Waals surface area contributed by atoms with Crippen molar-refractivity contribution in [1.29, 1.82) is 0 Å². The van der Waals surface area contributed by atoms with E-state index >= 15 is 0 Å². The van der Waals surface area contributed by atoms with Crippen molar-refractivity contribution in [3.05, 3.63) is 35.1 Å². The summed E-state index contributed by atoms with van der Waals surface area (Å²) in [6, 6.07) is 4.74. The molecule has 0 heterocycles. The molecule has 0 fully saturated rings. The first-order valence-electron chi connectivity index (χ1n) is 4.94. The highest BCUT2D eigenvalue weighted by Crippen LogP contribution is 2.13. The summed E-state index contributed by atoms with van der Waals surface area (Å²) in [7, 11) is 0. The molecule has 0 aliphatic rings. The molecule has 0 atom stereocenters. The molecule has 0 saturated heterocycles. The minimum Gasteiger partial charge on any atom is -0.294 e. The maximum absolute atomic E-state index is 13.3. The molecule has 14 heavy (non-hydrogen) atoms. The Hall–Kier alpha value is -1.18. The van der Waals surface area contributed by atoms with Crippen molar-refractivity contribution in [2.75, 3.05) is 0 Å². The Kier molecular flexibility index (Phi) is 3.81. The Bertz CT molecular complexity index is 331. The van der Waals surface area contributed by atoms with Crippen LogP contribution in [0.5, 0.6) is 0 Å². The van der Waals surface area contributed by atoms with Gasteiger partial charge in [0.15, 0.2) is 5.78 Å². The van der Waals surface area contributed by atoms with E-state index in [-0.39, 0.29) is 11.3 Å². The van der Waals surface area contributed by atoms with Crippen molar-refractivity contribution >= 4 is 5.78 Å². The lowest BCUT2D eigenvalue weighted by molar-refractivity contribution is 0.0976. The molecule has 0 N–H and O–H groups in total. The fourth-order valence-corrected chi connectivity index (χ4v) is 1.32. The summed E-state index contributed by atoms with van der Waals surface area (Å²) in [6.45, 7) is 3.82. The second kappa shape index (κ2) is 4.89. The second-order valence-electron chi connectivity index (χ2n) is 3.51. The summed E-state index contributed by atoms with van der Waals surface area (Å²) in [4.78, 5) is 11.5. The SMILES string of the molecule is CCCCC(=O)c1ccc(C)cc1F.